The molecule has 6 nitrogen and oxygen atoms in total. The molecule has 6 heteroatoms. The summed E-state index contributed by atoms with van der Waals surface area (Å²) < 4.78 is 2.01. The van der Waals surface area contributed by atoms with E-state index < -0.39 is 0 Å². The van der Waals surface area contributed by atoms with Gasteiger partial charge in [0.25, 0.3) is 0 Å². The lowest BCUT2D eigenvalue weighted by atomic mass is 10.1. The number of aryl methyl sites for hydroxylation is 1. The Balaban J connectivity index is 1.98. The predicted molar refractivity (Wildman–Crippen MR) is 77.3 cm³/mol. The van der Waals surface area contributed by atoms with Gasteiger partial charge in [0, 0.05) is 31.5 Å². The van der Waals surface area contributed by atoms with Crippen molar-refractivity contribution in [2.45, 2.75) is 13.1 Å². The Morgan fingerprint density at radius 2 is 2.05 bits per heavy atom. The summed E-state index contributed by atoms with van der Waals surface area (Å²) in [5, 5.41) is 11.6. The van der Waals surface area contributed by atoms with E-state index in [-0.39, 0.29) is 5.84 Å². The number of imidazole rings is 1. The molecule has 0 bridgehead atoms. The first kappa shape index (κ1) is 14.1. The molecular weight excluding hydrogens is 254 g/mol. The number of hydrogen-bond donors (Lipinski definition) is 2. The van der Waals surface area contributed by atoms with E-state index in [4.69, 9.17) is 10.9 Å². The molecule has 1 aromatic heterocycles. The topological polar surface area (TPSA) is 79.7 Å². The van der Waals surface area contributed by atoms with Crippen molar-refractivity contribution in [1.29, 1.82) is 0 Å². The van der Waals surface area contributed by atoms with E-state index in [2.05, 4.69) is 15.0 Å². The van der Waals surface area contributed by atoms with Crippen molar-refractivity contribution >= 4 is 5.84 Å². The SMILES string of the molecule is CN(Cc1ccc(C(N)=NO)cc1)Cc1nccn1C. The van der Waals surface area contributed by atoms with Gasteiger partial charge in [0.2, 0.25) is 0 Å². The maximum atomic E-state index is 8.62. The fourth-order valence-electron chi connectivity index (χ4n) is 2.00. The van der Waals surface area contributed by atoms with Crippen LogP contribution in [0.2, 0.25) is 0 Å². The second-order valence-electron chi connectivity index (χ2n) is 4.81. The van der Waals surface area contributed by atoms with Gasteiger partial charge in [-0.25, -0.2) is 4.98 Å². The van der Waals surface area contributed by atoms with E-state index in [1.54, 1.807) is 6.20 Å². The first-order valence-corrected chi connectivity index (χ1v) is 6.31. The monoisotopic (exact) mass is 273 g/mol. The average Bonchev–Trinajstić information content (AvgIpc) is 2.84. The third-order valence-corrected chi connectivity index (χ3v) is 3.14. The Morgan fingerprint density at radius 3 is 2.60 bits per heavy atom. The number of nitrogens with two attached hydrogens (primary N) is 1. The fraction of sp³-hybridized carbons (Fsp3) is 0.286. The fourth-order valence-corrected chi connectivity index (χ4v) is 2.00. The van der Waals surface area contributed by atoms with Crippen molar-refractivity contribution in [2.24, 2.45) is 17.9 Å². The van der Waals surface area contributed by atoms with Crippen LogP contribution < -0.4 is 5.73 Å². The van der Waals surface area contributed by atoms with E-state index in [0.29, 0.717) is 5.56 Å². The maximum Gasteiger partial charge on any atom is 0.170 e. The number of oxime groups is 1. The smallest absolute Gasteiger partial charge is 0.170 e. The van der Waals surface area contributed by atoms with Gasteiger partial charge in [-0.05, 0) is 12.6 Å². The van der Waals surface area contributed by atoms with Crippen LogP contribution in [0.4, 0.5) is 0 Å². The van der Waals surface area contributed by atoms with Crippen molar-refractivity contribution in [2.75, 3.05) is 7.05 Å². The molecule has 0 fully saturated rings. The molecule has 0 radical (unpaired) electrons. The molecule has 0 saturated heterocycles. The minimum Gasteiger partial charge on any atom is -0.409 e. The molecule has 20 heavy (non-hydrogen) atoms. The quantitative estimate of drug-likeness (QED) is 0.370. The molecule has 0 unspecified atom stereocenters. The molecule has 0 amide bonds. The van der Waals surface area contributed by atoms with Crippen molar-refractivity contribution < 1.29 is 5.21 Å². The second kappa shape index (κ2) is 6.21. The van der Waals surface area contributed by atoms with Gasteiger partial charge in [-0.2, -0.15) is 0 Å². The third-order valence-electron chi connectivity index (χ3n) is 3.14. The van der Waals surface area contributed by atoms with Crippen LogP contribution in [-0.2, 0) is 20.1 Å². The van der Waals surface area contributed by atoms with Gasteiger partial charge < -0.3 is 15.5 Å². The predicted octanol–water partition coefficient (Wildman–Crippen LogP) is 1.15. The van der Waals surface area contributed by atoms with Crippen LogP contribution in [0.3, 0.4) is 0 Å². The summed E-state index contributed by atoms with van der Waals surface area (Å²) in [5.74, 6) is 1.15. The van der Waals surface area contributed by atoms with Crippen molar-refractivity contribution in [3.05, 3.63) is 53.6 Å². The molecule has 0 aliphatic carbocycles. The molecule has 3 N–H and O–H groups in total. The molecule has 2 aromatic rings. The number of benzene rings is 1. The van der Waals surface area contributed by atoms with E-state index in [1.807, 2.05) is 49.1 Å². The van der Waals surface area contributed by atoms with Crippen LogP contribution in [0, 0.1) is 0 Å². The zero-order chi connectivity index (χ0) is 14.5. The first-order chi connectivity index (χ1) is 9.60. The third kappa shape index (κ3) is 3.36. The van der Waals surface area contributed by atoms with E-state index >= 15 is 0 Å². The minimum absolute atomic E-state index is 0.123. The normalized spacial score (nSPS) is 12.1. The molecule has 2 rings (SSSR count). The van der Waals surface area contributed by atoms with Gasteiger partial charge in [-0.1, -0.05) is 29.4 Å². The summed E-state index contributed by atoms with van der Waals surface area (Å²) in [7, 11) is 4.04. The number of nitrogens with zero attached hydrogens (tertiary/aromatic N) is 4. The molecule has 0 atom stereocenters. The zero-order valence-corrected chi connectivity index (χ0v) is 11.7. The molecule has 0 aliphatic heterocycles. The lowest BCUT2D eigenvalue weighted by Crippen LogP contribution is -2.19. The Labute approximate surface area is 118 Å². The molecular formula is C14H19N5O. The summed E-state index contributed by atoms with van der Waals surface area (Å²) in [6.07, 6.45) is 3.74. The Morgan fingerprint density at radius 1 is 1.35 bits per heavy atom. The Bertz CT molecular complexity index is 588. The number of amidine groups is 1. The van der Waals surface area contributed by atoms with Crippen molar-refractivity contribution in [3.63, 3.8) is 0 Å². The van der Waals surface area contributed by atoms with E-state index in [9.17, 15) is 0 Å². The van der Waals surface area contributed by atoms with Crippen LogP contribution in [0.5, 0.6) is 0 Å². The number of hydrogen-bond acceptors (Lipinski definition) is 4. The lowest BCUT2D eigenvalue weighted by Gasteiger charge is -2.16. The summed E-state index contributed by atoms with van der Waals surface area (Å²) in [5.41, 5.74) is 7.41. The Kier molecular flexibility index (Phi) is 4.37. The van der Waals surface area contributed by atoms with Crippen LogP contribution in [0.25, 0.3) is 0 Å². The van der Waals surface area contributed by atoms with Gasteiger partial charge in [0.1, 0.15) is 5.82 Å². The van der Waals surface area contributed by atoms with Crippen LogP contribution in [-0.4, -0.2) is 32.5 Å². The van der Waals surface area contributed by atoms with Gasteiger partial charge in [0.15, 0.2) is 5.84 Å². The first-order valence-electron chi connectivity index (χ1n) is 6.31. The average molecular weight is 273 g/mol. The minimum atomic E-state index is 0.123. The standard InChI is InChI=1S/C14H19N5O/c1-18(10-13-16-7-8-19(13)2)9-11-3-5-12(6-4-11)14(15)17-20/h3-8,20H,9-10H2,1-2H3,(H2,15,17). The highest BCUT2D eigenvalue weighted by Crippen LogP contribution is 2.08. The highest BCUT2D eigenvalue weighted by molar-refractivity contribution is 5.96. The number of rotatable bonds is 5. The Hall–Kier alpha value is -2.34. The van der Waals surface area contributed by atoms with Crippen molar-refractivity contribution in [3.8, 4) is 0 Å². The van der Waals surface area contributed by atoms with E-state index in [1.165, 1.54) is 0 Å². The number of aromatic nitrogens is 2. The maximum absolute atomic E-state index is 8.62. The molecule has 0 saturated carbocycles. The van der Waals surface area contributed by atoms with Gasteiger partial charge in [-0.3, -0.25) is 4.90 Å². The summed E-state index contributed by atoms with van der Waals surface area (Å²) in [6.45, 7) is 1.59. The van der Waals surface area contributed by atoms with E-state index in [0.717, 1.165) is 24.5 Å². The summed E-state index contributed by atoms with van der Waals surface area (Å²) in [6, 6.07) is 7.64. The lowest BCUT2D eigenvalue weighted by molar-refractivity contribution is 0.307. The molecule has 0 spiro atoms. The largest absolute Gasteiger partial charge is 0.409 e. The van der Waals surface area contributed by atoms with Crippen LogP contribution in [0.1, 0.15) is 17.0 Å². The summed E-state index contributed by atoms with van der Waals surface area (Å²) >= 11 is 0. The van der Waals surface area contributed by atoms with Gasteiger partial charge >= 0.3 is 0 Å². The second-order valence-corrected chi connectivity index (χ2v) is 4.81. The van der Waals surface area contributed by atoms with Crippen molar-refractivity contribution in [1.82, 2.24) is 14.5 Å². The molecule has 1 heterocycles. The molecule has 1 aromatic carbocycles. The van der Waals surface area contributed by atoms with Gasteiger partial charge in [0.05, 0.1) is 6.54 Å². The highest BCUT2D eigenvalue weighted by Gasteiger charge is 2.06. The molecule has 0 aliphatic rings. The van der Waals surface area contributed by atoms with Gasteiger partial charge in [-0.15, -0.1) is 0 Å². The van der Waals surface area contributed by atoms with Crippen LogP contribution in [0.15, 0.2) is 41.8 Å². The van der Waals surface area contributed by atoms with Crippen LogP contribution >= 0.6 is 0 Å². The highest BCUT2D eigenvalue weighted by atomic mass is 16.4. The zero-order valence-electron chi connectivity index (χ0n) is 11.7. The molecule has 106 valence electrons. The summed E-state index contributed by atoms with van der Waals surface area (Å²) in [4.78, 5) is 6.49.